The van der Waals surface area contributed by atoms with Gasteiger partial charge in [0.25, 0.3) is 5.91 Å². The number of likely N-dealkylation sites (tertiary alicyclic amines) is 1. The minimum atomic E-state index is -3.46. The van der Waals surface area contributed by atoms with E-state index in [1.54, 1.807) is 23.1 Å². The van der Waals surface area contributed by atoms with E-state index >= 15 is 0 Å². The van der Waals surface area contributed by atoms with Gasteiger partial charge in [-0.1, -0.05) is 36.4 Å². The lowest BCUT2D eigenvalue weighted by Gasteiger charge is -2.31. The first kappa shape index (κ1) is 23.6. The highest BCUT2D eigenvalue weighted by Crippen LogP contribution is 2.30. The van der Waals surface area contributed by atoms with Crippen molar-refractivity contribution >= 4 is 44.0 Å². The van der Waals surface area contributed by atoms with Crippen molar-refractivity contribution in [2.75, 3.05) is 36.5 Å². The maximum atomic E-state index is 13.1. The second-order valence-electron chi connectivity index (χ2n) is 8.37. The lowest BCUT2D eigenvalue weighted by atomic mass is 9.94. The van der Waals surface area contributed by atoms with Crippen LogP contribution in [0, 0.1) is 5.92 Å². The maximum Gasteiger partial charge on any atom is 0.254 e. The Morgan fingerprint density at radius 1 is 1.00 bits per heavy atom. The van der Waals surface area contributed by atoms with Crippen LogP contribution in [0.3, 0.4) is 0 Å². The number of nitrogens with zero attached hydrogens (tertiary/aromatic N) is 1. The number of hydrogen-bond donors (Lipinski definition) is 2. The number of amides is 2. The molecule has 0 unspecified atom stereocenters. The van der Waals surface area contributed by atoms with Crippen molar-refractivity contribution in [1.82, 2.24) is 4.90 Å². The summed E-state index contributed by atoms with van der Waals surface area (Å²) < 4.78 is 30.6. The Morgan fingerprint density at radius 2 is 1.71 bits per heavy atom. The minimum absolute atomic E-state index is 0.0191. The van der Waals surface area contributed by atoms with Crippen molar-refractivity contribution in [1.29, 1.82) is 0 Å². The minimum Gasteiger partial charge on any atom is -0.494 e. The summed E-state index contributed by atoms with van der Waals surface area (Å²) >= 11 is 0. The third-order valence-electron chi connectivity index (χ3n) is 5.94. The van der Waals surface area contributed by atoms with Gasteiger partial charge >= 0.3 is 0 Å². The van der Waals surface area contributed by atoms with Crippen molar-refractivity contribution in [2.24, 2.45) is 5.92 Å². The second kappa shape index (κ2) is 9.72. The Labute approximate surface area is 199 Å². The molecule has 9 heteroatoms. The highest BCUT2D eigenvalue weighted by molar-refractivity contribution is 7.92. The number of carbonyl (C=O) groups excluding carboxylic acids is 2. The highest BCUT2D eigenvalue weighted by atomic mass is 32.2. The molecule has 0 aromatic heterocycles. The fraction of sp³-hybridized carbons (Fsp3) is 0.280. The first-order chi connectivity index (χ1) is 16.2. The van der Waals surface area contributed by atoms with Crippen LogP contribution < -0.4 is 14.8 Å². The number of rotatable bonds is 6. The molecule has 1 saturated heterocycles. The molecule has 2 amide bonds. The predicted molar refractivity (Wildman–Crippen MR) is 133 cm³/mol. The highest BCUT2D eigenvalue weighted by Gasteiger charge is 2.28. The van der Waals surface area contributed by atoms with Gasteiger partial charge in [0.1, 0.15) is 5.75 Å². The number of fused-ring (bicyclic) bond motifs is 1. The average Bonchev–Trinajstić information content (AvgIpc) is 2.83. The molecular weight excluding hydrogens is 454 g/mol. The van der Waals surface area contributed by atoms with Crippen molar-refractivity contribution in [3.8, 4) is 5.75 Å². The number of carbonyl (C=O) groups is 2. The van der Waals surface area contributed by atoms with E-state index in [2.05, 4.69) is 10.0 Å². The fourth-order valence-electron chi connectivity index (χ4n) is 4.22. The van der Waals surface area contributed by atoms with E-state index in [1.807, 2.05) is 42.5 Å². The van der Waals surface area contributed by atoms with Gasteiger partial charge in [0.05, 0.1) is 19.1 Å². The summed E-state index contributed by atoms with van der Waals surface area (Å²) in [5.41, 5.74) is 1.48. The zero-order chi connectivity index (χ0) is 24.3. The molecule has 0 saturated carbocycles. The number of benzene rings is 3. The van der Waals surface area contributed by atoms with Crippen molar-refractivity contribution < 1.29 is 22.7 Å². The standard InChI is InChI=1S/C25H27N3O5S/c1-33-23-16-19(10-11-22(23)27-34(2,31)32)26-24(29)18-12-14-28(15-13-18)25(30)21-9-5-7-17-6-3-4-8-20(17)21/h3-11,16,18,27H,12-15H2,1-2H3,(H,26,29). The number of anilines is 2. The van der Waals surface area contributed by atoms with E-state index in [9.17, 15) is 18.0 Å². The molecule has 4 rings (SSSR count). The molecular formula is C25H27N3O5S. The number of hydrogen-bond acceptors (Lipinski definition) is 5. The number of ether oxygens (including phenoxy) is 1. The van der Waals surface area contributed by atoms with E-state index in [0.717, 1.165) is 17.0 Å². The summed E-state index contributed by atoms with van der Waals surface area (Å²) in [4.78, 5) is 27.8. The summed E-state index contributed by atoms with van der Waals surface area (Å²) in [6.07, 6.45) is 2.18. The van der Waals surface area contributed by atoms with Gasteiger partial charge in [-0.2, -0.15) is 0 Å². The molecule has 3 aromatic rings. The Balaban J connectivity index is 1.39. The van der Waals surface area contributed by atoms with Gasteiger partial charge in [0.2, 0.25) is 15.9 Å². The van der Waals surface area contributed by atoms with Crippen molar-refractivity contribution in [2.45, 2.75) is 12.8 Å². The zero-order valence-corrected chi connectivity index (χ0v) is 19.9. The van der Waals surface area contributed by atoms with E-state index in [1.165, 1.54) is 7.11 Å². The average molecular weight is 482 g/mol. The predicted octanol–water partition coefficient (Wildman–Crippen LogP) is 3.71. The van der Waals surface area contributed by atoms with Crippen LogP contribution in [0.4, 0.5) is 11.4 Å². The fourth-order valence-corrected chi connectivity index (χ4v) is 4.79. The topological polar surface area (TPSA) is 105 Å². The van der Waals surface area contributed by atoms with E-state index in [0.29, 0.717) is 48.6 Å². The molecule has 2 N–H and O–H groups in total. The van der Waals surface area contributed by atoms with Gasteiger partial charge in [-0.15, -0.1) is 0 Å². The maximum absolute atomic E-state index is 13.1. The third-order valence-corrected chi connectivity index (χ3v) is 6.53. The molecule has 0 atom stereocenters. The monoisotopic (exact) mass is 481 g/mol. The zero-order valence-electron chi connectivity index (χ0n) is 19.1. The third kappa shape index (κ3) is 5.31. The molecule has 178 valence electrons. The van der Waals surface area contributed by atoms with Crippen LogP contribution in [0.15, 0.2) is 60.7 Å². The summed E-state index contributed by atoms with van der Waals surface area (Å²) in [6.45, 7) is 1.00. The van der Waals surface area contributed by atoms with Gasteiger partial charge in [-0.3, -0.25) is 14.3 Å². The molecule has 0 spiro atoms. The molecule has 1 fully saturated rings. The van der Waals surface area contributed by atoms with Gasteiger partial charge < -0.3 is 15.0 Å². The van der Waals surface area contributed by atoms with Gasteiger partial charge in [-0.05, 0) is 41.8 Å². The molecule has 1 heterocycles. The second-order valence-corrected chi connectivity index (χ2v) is 10.1. The summed E-state index contributed by atoms with van der Waals surface area (Å²) in [7, 11) is -2.03. The molecule has 0 aliphatic carbocycles. The largest absolute Gasteiger partial charge is 0.494 e. The summed E-state index contributed by atoms with van der Waals surface area (Å²) in [5, 5.41) is 4.83. The first-order valence-corrected chi connectivity index (χ1v) is 12.9. The van der Waals surface area contributed by atoms with Crippen LogP contribution in [0.1, 0.15) is 23.2 Å². The van der Waals surface area contributed by atoms with Gasteiger partial charge in [0.15, 0.2) is 0 Å². The van der Waals surface area contributed by atoms with Crippen LogP contribution in [0.5, 0.6) is 5.75 Å². The number of sulfonamides is 1. The van der Waals surface area contributed by atoms with Crippen molar-refractivity contribution in [3.63, 3.8) is 0 Å². The SMILES string of the molecule is COc1cc(NC(=O)C2CCN(C(=O)c3cccc4ccccc34)CC2)ccc1NS(C)(=O)=O. The van der Waals surface area contributed by atoms with Gasteiger partial charge in [0, 0.05) is 36.3 Å². The lowest BCUT2D eigenvalue weighted by molar-refractivity contribution is -0.121. The van der Waals surface area contributed by atoms with Crippen LogP contribution >= 0.6 is 0 Å². The quantitative estimate of drug-likeness (QED) is 0.559. The number of nitrogens with one attached hydrogen (secondary N) is 2. The number of methoxy groups -OCH3 is 1. The Bertz CT molecular complexity index is 1330. The Hall–Kier alpha value is -3.59. The van der Waals surface area contributed by atoms with Crippen LogP contribution in [-0.2, 0) is 14.8 Å². The molecule has 34 heavy (non-hydrogen) atoms. The lowest BCUT2D eigenvalue weighted by Crippen LogP contribution is -2.41. The van der Waals surface area contributed by atoms with E-state index < -0.39 is 10.0 Å². The van der Waals surface area contributed by atoms with Crippen LogP contribution in [0.25, 0.3) is 10.8 Å². The molecule has 1 aliphatic rings. The number of piperidine rings is 1. The molecule has 1 aliphatic heterocycles. The molecule has 8 nitrogen and oxygen atoms in total. The normalized spacial score (nSPS) is 14.6. The van der Waals surface area contributed by atoms with Crippen LogP contribution in [-0.4, -0.2) is 51.6 Å². The Morgan fingerprint density at radius 3 is 2.41 bits per heavy atom. The smallest absolute Gasteiger partial charge is 0.254 e. The van der Waals surface area contributed by atoms with Gasteiger partial charge in [-0.25, -0.2) is 8.42 Å². The summed E-state index contributed by atoms with van der Waals surface area (Å²) in [6, 6.07) is 18.3. The molecule has 0 radical (unpaired) electrons. The Kier molecular flexibility index (Phi) is 6.74. The molecule has 3 aromatic carbocycles. The van der Waals surface area contributed by atoms with E-state index in [4.69, 9.17) is 4.74 Å². The summed E-state index contributed by atoms with van der Waals surface area (Å²) in [5.74, 6) is -0.0763. The molecule has 0 bridgehead atoms. The van der Waals surface area contributed by atoms with Crippen molar-refractivity contribution in [3.05, 3.63) is 66.2 Å². The van der Waals surface area contributed by atoms with Crippen LogP contribution in [0.2, 0.25) is 0 Å². The first-order valence-electron chi connectivity index (χ1n) is 11.0. The van der Waals surface area contributed by atoms with E-state index in [-0.39, 0.29) is 17.7 Å².